The molecule has 1 aromatic carbocycles. The van der Waals surface area contributed by atoms with E-state index in [1.165, 1.54) is 31.2 Å². The SMILES string of the molecule is CC(C1CCCC1)n1c(CCCl)nc2ccccc21. The van der Waals surface area contributed by atoms with Crippen LogP contribution < -0.4 is 0 Å². The Morgan fingerprint density at radius 1 is 1.32 bits per heavy atom. The summed E-state index contributed by atoms with van der Waals surface area (Å²) in [7, 11) is 0. The maximum absolute atomic E-state index is 5.95. The standard InChI is InChI=1S/C16H21ClN2/c1-12(13-6-2-3-7-13)19-15-9-5-4-8-14(15)18-16(19)10-11-17/h4-5,8-9,12-13H,2-3,6-7,10-11H2,1H3. The molecule has 0 radical (unpaired) electrons. The lowest BCUT2D eigenvalue weighted by molar-refractivity contribution is 0.360. The molecule has 0 bridgehead atoms. The molecule has 0 amide bonds. The van der Waals surface area contributed by atoms with Gasteiger partial charge in [0.25, 0.3) is 0 Å². The molecule has 102 valence electrons. The summed E-state index contributed by atoms with van der Waals surface area (Å²) in [5, 5.41) is 0. The maximum Gasteiger partial charge on any atom is 0.111 e. The Kier molecular flexibility index (Phi) is 3.79. The van der Waals surface area contributed by atoms with Crippen molar-refractivity contribution in [3.63, 3.8) is 0 Å². The predicted molar refractivity (Wildman–Crippen MR) is 80.8 cm³/mol. The summed E-state index contributed by atoms with van der Waals surface area (Å²) in [5.41, 5.74) is 2.37. The number of imidazole rings is 1. The molecule has 1 aromatic heterocycles. The number of hydrogen-bond acceptors (Lipinski definition) is 1. The molecule has 1 atom stereocenters. The van der Waals surface area contributed by atoms with Crippen molar-refractivity contribution in [2.45, 2.75) is 45.1 Å². The molecule has 2 aromatic rings. The van der Waals surface area contributed by atoms with E-state index in [1.807, 2.05) is 0 Å². The first-order valence-corrected chi connectivity index (χ1v) is 7.86. The van der Waals surface area contributed by atoms with E-state index in [9.17, 15) is 0 Å². The molecule has 1 unspecified atom stereocenters. The maximum atomic E-state index is 5.95. The number of fused-ring (bicyclic) bond motifs is 1. The lowest BCUT2D eigenvalue weighted by Crippen LogP contribution is -2.17. The lowest BCUT2D eigenvalue weighted by Gasteiger charge is -2.23. The number of hydrogen-bond donors (Lipinski definition) is 0. The van der Waals surface area contributed by atoms with Gasteiger partial charge in [-0.05, 0) is 37.8 Å². The van der Waals surface area contributed by atoms with Crippen LogP contribution in [0.5, 0.6) is 0 Å². The zero-order chi connectivity index (χ0) is 13.2. The third kappa shape index (κ3) is 2.38. The molecule has 1 aliphatic carbocycles. The van der Waals surface area contributed by atoms with Crippen molar-refractivity contribution >= 4 is 22.6 Å². The van der Waals surface area contributed by atoms with Crippen molar-refractivity contribution in [1.82, 2.24) is 9.55 Å². The van der Waals surface area contributed by atoms with Gasteiger partial charge < -0.3 is 4.57 Å². The van der Waals surface area contributed by atoms with Crippen LogP contribution in [0.3, 0.4) is 0 Å². The van der Waals surface area contributed by atoms with Crippen LogP contribution in [-0.2, 0) is 6.42 Å². The molecule has 0 N–H and O–H groups in total. The predicted octanol–water partition coefficient (Wildman–Crippen LogP) is 4.57. The summed E-state index contributed by atoms with van der Waals surface area (Å²) < 4.78 is 2.44. The fourth-order valence-electron chi connectivity index (χ4n) is 3.46. The Hall–Kier alpha value is -1.02. The second kappa shape index (κ2) is 5.54. The number of halogens is 1. The number of aryl methyl sites for hydroxylation is 1. The number of aromatic nitrogens is 2. The molecule has 0 aliphatic heterocycles. The van der Waals surface area contributed by atoms with Crippen LogP contribution >= 0.6 is 11.6 Å². The van der Waals surface area contributed by atoms with Crippen LogP contribution in [0, 0.1) is 5.92 Å². The smallest absolute Gasteiger partial charge is 0.111 e. The summed E-state index contributed by atoms with van der Waals surface area (Å²) in [6.45, 7) is 2.35. The van der Waals surface area contributed by atoms with Crippen molar-refractivity contribution in [1.29, 1.82) is 0 Å². The summed E-state index contributed by atoms with van der Waals surface area (Å²) >= 11 is 5.95. The van der Waals surface area contributed by atoms with Crippen molar-refractivity contribution in [3.05, 3.63) is 30.1 Å². The minimum Gasteiger partial charge on any atom is -0.325 e. The van der Waals surface area contributed by atoms with Gasteiger partial charge in [-0.1, -0.05) is 25.0 Å². The topological polar surface area (TPSA) is 17.8 Å². The van der Waals surface area contributed by atoms with Crippen molar-refractivity contribution in [3.8, 4) is 0 Å². The average molecular weight is 277 g/mol. The summed E-state index contributed by atoms with van der Waals surface area (Å²) in [5.74, 6) is 2.59. The van der Waals surface area contributed by atoms with E-state index in [2.05, 4.69) is 35.8 Å². The minimum atomic E-state index is 0.535. The summed E-state index contributed by atoms with van der Waals surface area (Å²) in [4.78, 5) is 4.77. The van der Waals surface area contributed by atoms with E-state index < -0.39 is 0 Å². The highest BCUT2D eigenvalue weighted by Gasteiger charge is 2.25. The van der Waals surface area contributed by atoms with Crippen molar-refractivity contribution in [2.24, 2.45) is 5.92 Å². The third-order valence-electron chi connectivity index (χ3n) is 4.48. The van der Waals surface area contributed by atoms with Crippen molar-refractivity contribution < 1.29 is 0 Å². The molecular weight excluding hydrogens is 256 g/mol. The Balaban J connectivity index is 2.05. The van der Waals surface area contributed by atoms with Gasteiger partial charge in [-0.15, -0.1) is 11.6 Å². The van der Waals surface area contributed by atoms with Gasteiger partial charge in [0, 0.05) is 18.3 Å². The Morgan fingerprint density at radius 3 is 2.79 bits per heavy atom. The number of alkyl halides is 1. The zero-order valence-electron chi connectivity index (χ0n) is 11.5. The Morgan fingerprint density at radius 2 is 2.05 bits per heavy atom. The van der Waals surface area contributed by atoms with Crippen LogP contribution in [-0.4, -0.2) is 15.4 Å². The highest BCUT2D eigenvalue weighted by molar-refractivity contribution is 6.17. The second-order valence-electron chi connectivity index (χ2n) is 5.61. The first kappa shape index (κ1) is 13.0. The zero-order valence-corrected chi connectivity index (χ0v) is 12.2. The van der Waals surface area contributed by atoms with E-state index >= 15 is 0 Å². The molecule has 2 nitrogen and oxygen atoms in total. The largest absolute Gasteiger partial charge is 0.325 e. The van der Waals surface area contributed by atoms with Crippen LogP contribution in [0.25, 0.3) is 11.0 Å². The third-order valence-corrected chi connectivity index (χ3v) is 4.67. The average Bonchev–Trinajstić information content (AvgIpc) is 3.06. The second-order valence-corrected chi connectivity index (χ2v) is 5.99. The normalized spacial score (nSPS) is 18.2. The van der Waals surface area contributed by atoms with Crippen LogP contribution in [0.2, 0.25) is 0 Å². The van der Waals surface area contributed by atoms with Gasteiger partial charge in [-0.2, -0.15) is 0 Å². The fraction of sp³-hybridized carbons (Fsp3) is 0.562. The molecule has 0 saturated heterocycles. The Bertz CT molecular complexity index is 555. The van der Waals surface area contributed by atoms with E-state index in [-0.39, 0.29) is 0 Å². The quantitative estimate of drug-likeness (QED) is 0.748. The molecule has 1 aliphatic rings. The molecule has 1 saturated carbocycles. The van der Waals surface area contributed by atoms with Gasteiger partial charge in [0.1, 0.15) is 5.82 Å². The fourth-order valence-corrected chi connectivity index (χ4v) is 3.63. The highest BCUT2D eigenvalue weighted by Crippen LogP contribution is 2.36. The van der Waals surface area contributed by atoms with E-state index in [0.29, 0.717) is 11.9 Å². The van der Waals surface area contributed by atoms with E-state index in [1.54, 1.807) is 0 Å². The molecule has 19 heavy (non-hydrogen) atoms. The number of benzene rings is 1. The van der Waals surface area contributed by atoms with Gasteiger partial charge in [-0.3, -0.25) is 0 Å². The van der Waals surface area contributed by atoms with Crippen LogP contribution in [0.4, 0.5) is 0 Å². The summed E-state index contributed by atoms with van der Waals surface area (Å²) in [6.07, 6.45) is 6.33. The molecule has 3 rings (SSSR count). The van der Waals surface area contributed by atoms with Gasteiger partial charge in [0.15, 0.2) is 0 Å². The minimum absolute atomic E-state index is 0.535. The number of nitrogens with zero attached hydrogens (tertiary/aromatic N) is 2. The first-order valence-electron chi connectivity index (χ1n) is 7.33. The Labute approximate surface area is 119 Å². The van der Waals surface area contributed by atoms with Gasteiger partial charge >= 0.3 is 0 Å². The molecule has 1 fully saturated rings. The molecule has 0 spiro atoms. The lowest BCUT2D eigenvalue weighted by atomic mass is 9.99. The van der Waals surface area contributed by atoms with Crippen LogP contribution in [0.15, 0.2) is 24.3 Å². The van der Waals surface area contributed by atoms with Gasteiger partial charge in [0.05, 0.1) is 11.0 Å². The monoisotopic (exact) mass is 276 g/mol. The summed E-state index contributed by atoms with van der Waals surface area (Å²) in [6, 6.07) is 8.99. The molecule has 1 heterocycles. The van der Waals surface area contributed by atoms with Gasteiger partial charge in [0.2, 0.25) is 0 Å². The van der Waals surface area contributed by atoms with E-state index in [4.69, 9.17) is 16.6 Å². The number of para-hydroxylation sites is 2. The van der Waals surface area contributed by atoms with Crippen molar-refractivity contribution in [2.75, 3.05) is 5.88 Å². The highest BCUT2D eigenvalue weighted by atomic mass is 35.5. The number of rotatable bonds is 4. The molecular formula is C16H21ClN2. The van der Waals surface area contributed by atoms with Gasteiger partial charge in [-0.25, -0.2) is 4.98 Å². The first-order chi connectivity index (χ1) is 9.31. The van der Waals surface area contributed by atoms with Crippen LogP contribution in [0.1, 0.15) is 44.5 Å². The van der Waals surface area contributed by atoms with E-state index in [0.717, 1.165) is 23.7 Å². The molecule has 3 heteroatoms.